The van der Waals surface area contributed by atoms with Gasteiger partial charge in [-0.1, -0.05) is 36.7 Å². The molecule has 3 aromatic rings. The van der Waals surface area contributed by atoms with Crippen LogP contribution in [-0.2, 0) is 0 Å². The van der Waals surface area contributed by atoms with Crippen molar-refractivity contribution in [1.82, 2.24) is 19.7 Å². The van der Waals surface area contributed by atoms with Gasteiger partial charge in [-0.25, -0.2) is 4.98 Å². The van der Waals surface area contributed by atoms with Crippen LogP contribution in [0, 0.1) is 0 Å². The van der Waals surface area contributed by atoms with Gasteiger partial charge in [0.15, 0.2) is 5.82 Å². The van der Waals surface area contributed by atoms with Crippen LogP contribution in [0.4, 0.5) is 17.5 Å². The summed E-state index contributed by atoms with van der Waals surface area (Å²) in [6, 6.07) is 8.02. The molecule has 3 rings (SSSR count). The first-order valence-electron chi connectivity index (χ1n) is 10.0. The van der Waals surface area contributed by atoms with E-state index in [1.807, 2.05) is 35.9 Å². The summed E-state index contributed by atoms with van der Waals surface area (Å²) in [5, 5.41) is 21.1. The first kappa shape index (κ1) is 21.5. The van der Waals surface area contributed by atoms with Gasteiger partial charge in [0, 0.05) is 16.2 Å². The van der Waals surface area contributed by atoms with Crippen molar-refractivity contribution in [1.29, 1.82) is 0 Å². The minimum atomic E-state index is -0.101. The number of benzene rings is 1. The van der Waals surface area contributed by atoms with Crippen LogP contribution in [0.25, 0.3) is 11.0 Å². The number of fused-ring (bicyclic) bond motifs is 1. The fourth-order valence-electron chi connectivity index (χ4n) is 3.11. The standard InChI is InChI=1S/C21H29BrN6O/c1-6-15(11-29)24-21-25-18-17(12(2)3)27-28(13(4)5)19(18)20(26-21)23-16-9-7-14(22)8-10-16/h7-10,12-13,15,29H,6,11H2,1-5H3,(H2,23,24,25,26). The highest BCUT2D eigenvalue weighted by molar-refractivity contribution is 9.10. The topological polar surface area (TPSA) is 87.9 Å². The van der Waals surface area contributed by atoms with Crippen molar-refractivity contribution in [3.63, 3.8) is 0 Å². The third-order valence-corrected chi connectivity index (χ3v) is 5.29. The van der Waals surface area contributed by atoms with Crippen LogP contribution < -0.4 is 10.6 Å². The average Bonchev–Trinajstić information content (AvgIpc) is 3.08. The number of hydrogen-bond donors (Lipinski definition) is 3. The van der Waals surface area contributed by atoms with E-state index in [1.54, 1.807) is 0 Å². The molecule has 0 spiro atoms. The second-order valence-corrected chi connectivity index (χ2v) is 8.65. The van der Waals surface area contributed by atoms with E-state index in [0.29, 0.717) is 11.8 Å². The molecule has 1 aromatic carbocycles. The molecule has 7 nitrogen and oxygen atoms in total. The largest absolute Gasteiger partial charge is 0.394 e. The van der Waals surface area contributed by atoms with Crippen LogP contribution in [-0.4, -0.2) is 37.5 Å². The molecule has 0 saturated heterocycles. The van der Waals surface area contributed by atoms with E-state index >= 15 is 0 Å². The molecule has 29 heavy (non-hydrogen) atoms. The zero-order chi connectivity index (χ0) is 21.1. The molecule has 2 aromatic heterocycles. The highest BCUT2D eigenvalue weighted by Crippen LogP contribution is 2.32. The van der Waals surface area contributed by atoms with Crippen LogP contribution in [0.3, 0.4) is 0 Å². The Balaban J connectivity index is 2.19. The molecule has 8 heteroatoms. The molecule has 1 atom stereocenters. The molecule has 0 saturated carbocycles. The van der Waals surface area contributed by atoms with Gasteiger partial charge >= 0.3 is 0 Å². The average molecular weight is 461 g/mol. The van der Waals surface area contributed by atoms with E-state index < -0.39 is 0 Å². The number of nitrogens with zero attached hydrogens (tertiary/aromatic N) is 4. The first-order valence-corrected chi connectivity index (χ1v) is 10.8. The van der Waals surface area contributed by atoms with Gasteiger partial charge in [-0.05, 0) is 50.5 Å². The van der Waals surface area contributed by atoms with Crippen molar-refractivity contribution in [3.8, 4) is 0 Å². The summed E-state index contributed by atoms with van der Waals surface area (Å²) in [7, 11) is 0. The van der Waals surface area contributed by atoms with Gasteiger partial charge in [0.05, 0.1) is 18.3 Å². The van der Waals surface area contributed by atoms with Gasteiger partial charge in [0.1, 0.15) is 11.0 Å². The molecule has 0 aliphatic rings. The van der Waals surface area contributed by atoms with Gasteiger partial charge in [-0.2, -0.15) is 10.1 Å². The first-order chi connectivity index (χ1) is 13.8. The number of anilines is 3. The van der Waals surface area contributed by atoms with Crippen LogP contribution in [0.1, 0.15) is 58.7 Å². The molecular weight excluding hydrogens is 432 g/mol. The number of aliphatic hydroxyl groups excluding tert-OH is 1. The van der Waals surface area contributed by atoms with Crippen LogP contribution in [0.15, 0.2) is 28.7 Å². The maximum absolute atomic E-state index is 9.60. The van der Waals surface area contributed by atoms with Crippen molar-refractivity contribution in [3.05, 3.63) is 34.4 Å². The lowest BCUT2D eigenvalue weighted by molar-refractivity contribution is 0.271. The molecule has 0 bridgehead atoms. The monoisotopic (exact) mass is 460 g/mol. The van der Waals surface area contributed by atoms with Gasteiger partial charge in [-0.3, -0.25) is 4.68 Å². The van der Waals surface area contributed by atoms with Gasteiger partial charge in [0.2, 0.25) is 5.95 Å². The van der Waals surface area contributed by atoms with Gasteiger partial charge in [0.25, 0.3) is 0 Å². The summed E-state index contributed by atoms with van der Waals surface area (Å²) in [5.41, 5.74) is 3.58. The minimum absolute atomic E-state index is 0.0235. The molecule has 0 aliphatic heterocycles. The van der Waals surface area contributed by atoms with Gasteiger partial charge in [-0.15, -0.1) is 0 Å². The van der Waals surface area contributed by atoms with Crippen molar-refractivity contribution < 1.29 is 5.11 Å². The Kier molecular flexibility index (Phi) is 6.74. The van der Waals surface area contributed by atoms with E-state index in [4.69, 9.17) is 15.1 Å². The summed E-state index contributed by atoms with van der Waals surface area (Å²) in [4.78, 5) is 9.54. The third kappa shape index (κ3) is 4.70. The molecule has 156 valence electrons. The summed E-state index contributed by atoms with van der Waals surface area (Å²) >= 11 is 3.47. The minimum Gasteiger partial charge on any atom is -0.394 e. The zero-order valence-corrected chi connectivity index (χ0v) is 19.2. The highest BCUT2D eigenvalue weighted by Gasteiger charge is 2.22. The van der Waals surface area contributed by atoms with E-state index in [0.717, 1.165) is 33.3 Å². The summed E-state index contributed by atoms with van der Waals surface area (Å²) in [6.07, 6.45) is 0.773. The molecule has 0 aliphatic carbocycles. The molecule has 0 amide bonds. The molecular formula is C21H29BrN6O. The van der Waals surface area contributed by atoms with E-state index in [9.17, 15) is 5.11 Å². The van der Waals surface area contributed by atoms with Crippen molar-refractivity contribution >= 4 is 44.4 Å². The molecule has 1 unspecified atom stereocenters. The van der Waals surface area contributed by atoms with E-state index in [2.05, 4.69) is 54.3 Å². The Labute approximate surface area is 180 Å². The third-order valence-electron chi connectivity index (χ3n) is 4.76. The Morgan fingerprint density at radius 3 is 2.34 bits per heavy atom. The Hall–Kier alpha value is -2.19. The maximum Gasteiger partial charge on any atom is 0.225 e. The maximum atomic E-state index is 9.60. The lowest BCUT2D eigenvalue weighted by Gasteiger charge is -2.17. The predicted octanol–water partition coefficient (Wildman–Crippen LogP) is 5.22. The number of aliphatic hydroxyl groups is 1. The Morgan fingerprint density at radius 2 is 1.79 bits per heavy atom. The molecule has 0 fully saturated rings. The number of rotatable bonds is 8. The van der Waals surface area contributed by atoms with Crippen molar-refractivity contribution in [2.24, 2.45) is 0 Å². The smallest absolute Gasteiger partial charge is 0.225 e. The Bertz CT molecular complexity index is 963. The SMILES string of the molecule is CCC(CO)Nc1nc(Nc2ccc(Br)cc2)c2c(n1)c(C(C)C)nn2C(C)C. The fraction of sp³-hybridized carbons (Fsp3) is 0.476. The quantitative estimate of drug-likeness (QED) is 0.426. The number of nitrogens with one attached hydrogen (secondary N) is 2. The summed E-state index contributed by atoms with van der Waals surface area (Å²) < 4.78 is 3.00. The predicted molar refractivity (Wildman–Crippen MR) is 122 cm³/mol. The number of halogens is 1. The highest BCUT2D eigenvalue weighted by atomic mass is 79.9. The molecule has 0 radical (unpaired) electrons. The lowest BCUT2D eigenvalue weighted by atomic mass is 10.1. The Morgan fingerprint density at radius 1 is 1.10 bits per heavy atom. The van der Waals surface area contributed by atoms with E-state index in [-0.39, 0.29) is 24.6 Å². The van der Waals surface area contributed by atoms with Crippen molar-refractivity contribution in [2.75, 3.05) is 17.2 Å². The number of aromatic nitrogens is 4. The molecule has 3 N–H and O–H groups in total. The van der Waals surface area contributed by atoms with Crippen LogP contribution >= 0.6 is 15.9 Å². The fourth-order valence-corrected chi connectivity index (χ4v) is 3.37. The lowest BCUT2D eigenvalue weighted by Crippen LogP contribution is -2.24. The van der Waals surface area contributed by atoms with Crippen LogP contribution in [0.2, 0.25) is 0 Å². The zero-order valence-electron chi connectivity index (χ0n) is 17.6. The summed E-state index contributed by atoms with van der Waals surface area (Å²) in [5.74, 6) is 1.41. The summed E-state index contributed by atoms with van der Waals surface area (Å²) in [6.45, 7) is 10.5. The normalized spacial score (nSPS) is 12.7. The molecule has 2 heterocycles. The second kappa shape index (κ2) is 9.09. The van der Waals surface area contributed by atoms with Crippen LogP contribution in [0.5, 0.6) is 0 Å². The number of hydrogen-bond acceptors (Lipinski definition) is 6. The van der Waals surface area contributed by atoms with Gasteiger partial charge < -0.3 is 15.7 Å². The van der Waals surface area contributed by atoms with E-state index in [1.165, 1.54) is 0 Å². The second-order valence-electron chi connectivity index (χ2n) is 7.74. The van der Waals surface area contributed by atoms with Crippen molar-refractivity contribution in [2.45, 2.75) is 59.0 Å².